The van der Waals surface area contributed by atoms with Gasteiger partial charge in [0.2, 0.25) is 5.91 Å². The largest absolute Gasteiger partial charge is 0.419 e. The summed E-state index contributed by atoms with van der Waals surface area (Å²) in [6.45, 7) is 2.27. The number of oxazole rings is 1. The van der Waals surface area contributed by atoms with Crippen molar-refractivity contribution in [1.29, 1.82) is 0 Å². The minimum absolute atomic E-state index is 0.117. The first-order valence-corrected chi connectivity index (χ1v) is 10.3. The molecule has 0 bridgehead atoms. The van der Waals surface area contributed by atoms with Crippen LogP contribution in [0, 0.1) is 0 Å². The number of fused-ring (bicyclic) bond motifs is 1. The highest BCUT2D eigenvalue weighted by atomic mass is 16.5. The molecule has 1 aliphatic heterocycles. The second kappa shape index (κ2) is 9.21. The van der Waals surface area contributed by atoms with Crippen molar-refractivity contribution in [1.82, 2.24) is 19.4 Å². The normalized spacial score (nSPS) is 16.8. The van der Waals surface area contributed by atoms with Crippen LogP contribution in [0.1, 0.15) is 43.1 Å². The van der Waals surface area contributed by atoms with Gasteiger partial charge in [-0.15, -0.1) is 0 Å². The lowest BCUT2D eigenvalue weighted by molar-refractivity contribution is -0.132. The zero-order valence-electron chi connectivity index (χ0n) is 17.1. The molecule has 1 amide bonds. The SMILES string of the molecule is COCc1nccc(C2CCCN(C(=O)CCCn3c(=O)oc4ccccc43)C2)n1. The highest BCUT2D eigenvalue weighted by molar-refractivity contribution is 5.76. The third kappa shape index (κ3) is 4.43. The van der Waals surface area contributed by atoms with Crippen LogP contribution in [0.3, 0.4) is 0 Å². The molecule has 0 N–H and O–H groups in total. The Bertz CT molecular complexity index is 1070. The van der Waals surface area contributed by atoms with Crippen LogP contribution < -0.4 is 5.76 Å². The number of carbonyl (C=O) groups excluding carboxylic acids is 1. The maximum atomic E-state index is 12.8. The number of nitrogens with zero attached hydrogens (tertiary/aromatic N) is 4. The number of carbonyl (C=O) groups is 1. The smallest absolute Gasteiger partial charge is 0.408 e. The summed E-state index contributed by atoms with van der Waals surface area (Å²) in [6.07, 6.45) is 4.70. The fraction of sp³-hybridized carbons (Fsp3) is 0.455. The lowest BCUT2D eigenvalue weighted by atomic mass is 9.94. The number of rotatable bonds is 7. The average Bonchev–Trinajstić information content (AvgIpc) is 3.09. The van der Waals surface area contributed by atoms with E-state index in [-0.39, 0.29) is 17.6 Å². The van der Waals surface area contributed by atoms with E-state index in [0.717, 1.165) is 30.6 Å². The molecule has 30 heavy (non-hydrogen) atoms. The summed E-state index contributed by atoms with van der Waals surface area (Å²) >= 11 is 0. The number of aryl methyl sites for hydroxylation is 1. The molecule has 2 aromatic heterocycles. The molecule has 1 atom stereocenters. The van der Waals surface area contributed by atoms with Crippen molar-refractivity contribution in [3.8, 4) is 0 Å². The summed E-state index contributed by atoms with van der Waals surface area (Å²) in [4.78, 5) is 35.6. The van der Waals surface area contributed by atoms with Crippen LogP contribution in [0.2, 0.25) is 0 Å². The van der Waals surface area contributed by atoms with Gasteiger partial charge in [0.15, 0.2) is 11.4 Å². The number of ether oxygens (including phenoxy) is 1. The van der Waals surface area contributed by atoms with E-state index in [9.17, 15) is 9.59 Å². The van der Waals surface area contributed by atoms with Gasteiger partial charge in [-0.3, -0.25) is 9.36 Å². The molecule has 8 nitrogen and oxygen atoms in total. The third-order valence-corrected chi connectivity index (χ3v) is 5.54. The number of hydrogen-bond donors (Lipinski definition) is 0. The summed E-state index contributed by atoms with van der Waals surface area (Å²) in [7, 11) is 1.62. The van der Waals surface area contributed by atoms with E-state index in [1.807, 2.05) is 29.2 Å². The van der Waals surface area contributed by atoms with E-state index < -0.39 is 0 Å². The summed E-state index contributed by atoms with van der Waals surface area (Å²) < 4.78 is 12.0. The van der Waals surface area contributed by atoms with Crippen molar-refractivity contribution in [2.24, 2.45) is 0 Å². The standard InChI is InChI=1S/C22H26N4O4/c1-29-15-20-23-11-10-17(24-20)16-6-4-12-25(14-16)21(27)9-5-13-26-18-7-2-3-8-19(18)30-22(26)28/h2-3,7-8,10-11,16H,4-6,9,12-15H2,1H3. The second-order valence-corrected chi connectivity index (χ2v) is 7.60. The first-order chi connectivity index (χ1) is 14.7. The number of hydrogen-bond acceptors (Lipinski definition) is 6. The van der Waals surface area contributed by atoms with Gasteiger partial charge in [0, 0.05) is 51.0 Å². The lowest BCUT2D eigenvalue weighted by Gasteiger charge is -2.32. The van der Waals surface area contributed by atoms with Crippen molar-refractivity contribution in [2.45, 2.75) is 44.8 Å². The number of likely N-dealkylation sites (tertiary alicyclic amines) is 1. The Balaban J connectivity index is 1.35. The molecule has 1 saturated heterocycles. The predicted octanol–water partition coefficient (Wildman–Crippen LogP) is 2.72. The number of para-hydroxylation sites is 2. The van der Waals surface area contributed by atoms with E-state index in [2.05, 4.69) is 9.97 Å². The van der Waals surface area contributed by atoms with Gasteiger partial charge in [0.1, 0.15) is 6.61 Å². The van der Waals surface area contributed by atoms with E-state index in [1.165, 1.54) is 0 Å². The molecule has 0 radical (unpaired) electrons. The quantitative estimate of drug-likeness (QED) is 0.595. The third-order valence-electron chi connectivity index (χ3n) is 5.54. The summed E-state index contributed by atoms with van der Waals surface area (Å²) in [5.41, 5.74) is 2.31. The van der Waals surface area contributed by atoms with Crippen molar-refractivity contribution < 1.29 is 13.9 Å². The van der Waals surface area contributed by atoms with Crippen LogP contribution in [-0.2, 0) is 22.7 Å². The molecule has 4 rings (SSSR count). The fourth-order valence-corrected chi connectivity index (χ4v) is 4.06. The molecule has 1 aliphatic rings. The Morgan fingerprint density at radius 2 is 2.17 bits per heavy atom. The van der Waals surface area contributed by atoms with Crippen LogP contribution in [-0.4, -0.2) is 45.5 Å². The van der Waals surface area contributed by atoms with Crippen molar-refractivity contribution in [3.63, 3.8) is 0 Å². The molecule has 1 fully saturated rings. The van der Waals surface area contributed by atoms with Crippen LogP contribution in [0.4, 0.5) is 0 Å². The van der Waals surface area contributed by atoms with Gasteiger partial charge in [0.25, 0.3) is 0 Å². The minimum Gasteiger partial charge on any atom is -0.408 e. The number of benzene rings is 1. The Kier molecular flexibility index (Phi) is 6.23. The van der Waals surface area contributed by atoms with Crippen LogP contribution in [0.15, 0.2) is 45.7 Å². The van der Waals surface area contributed by atoms with Gasteiger partial charge in [0.05, 0.1) is 5.52 Å². The molecular formula is C22H26N4O4. The van der Waals surface area contributed by atoms with Crippen LogP contribution >= 0.6 is 0 Å². The maximum absolute atomic E-state index is 12.8. The highest BCUT2D eigenvalue weighted by Gasteiger charge is 2.25. The fourth-order valence-electron chi connectivity index (χ4n) is 4.06. The molecule has 8 heteroatoms. The monoisotopic (exact) mass is 410 g/mol. The number of amides is 1. The van der Waals surface area contributed by atoms with Crippen LogP contribution in [0.25, 0.3) is 11.1 Å². The average molecular weight is 410 g/mol. The second-order valence-electron chi connectivity index (χ2n) is 7.60. The zero-order valence-corrected chi connectivity index (χ0v) is 17.1. The molecule has 3 heterocycles. The van der Waals surface area contributed by atoms with Crippen molar-refractivity contribution in [3.05, 3.63) is 58.6 Å². The van der Waals surface area contributed by atoms with Crippen molar-refractivity contribution in [2.75, 3.05) is 20.2 Å². The zero-order chi connectivity index (χ0) is 20.9. The first-order valence-electron chi connectivity index (χ1n) is 10.3. The van der Waals surface area contributed by atoms with E-state index in [0.29, 0.717) is 43.9 Å². The Labute approximate surface area is 174 Å². The molecule has 0 aliphatic carbocycles. The Hall–Kier alpha value is -3.00. The van der Waals surface area contributed by atoms with Gasteiger partial charge in [-0.2, -0.15) is 0 Å². The number of piperidine rings is 1. The first kappa shape index (κ1) is 20.3. The minimum atomic E-state index is -0.377. The molecular weight excluding hydrogens is 384 g/mol. The van der Waals surface area contributed by atoms with E-state index >= 15 is 0 Å². The van der Waals surface area contributed by atoms with E-state index in [4.69, 9.17) is 9.15 Å². The van der Waals surface area contributed by atoms with Crippen LogP contribution in [0.5, 0.6) is 0 Å². The number of aromatic nitrogens is 3. The summed E-state index contributed by atoms with van der Waals surface area (Å²) in [5, 5.41) is 0. The van der Waals surface area contributed by atoms with Gasteiger partial charge >= 0.3 is 5.76 Å². The van der Waals surface area contributed by atoms with E-state index in [1.54, 1.807) is 23.9 Å². The Morgan fingerprint density at radius 3 is 3.03 bits per heavy atom. The predicted molar refractivity (Wildman–Crippen MR) is 111 cm³/mol. The van der Waals surface area contributed by atoms with Crippen molar-refractivity contribution >= 4 is 17.0 Å². The molecule has 1 aromatic carbocycles. The number of methoxy groups -OCH3 is 1. The summed E-state index contributed by atoms with van der Waals surface area (Å²) in [5.74, 6) is 0.613. The molecule has 0 saturated carbocycles. The molecule has 3 aromatic rings. The molecule has 158 valence electrons. The van der Waals surface area contributed by atoms with Gasteiger partial charge in [-0.1, -0.05) is 12.1 Å². The van der Waals surface area contributed by atoms with Gasteiger partial charge in [-0.05, 0) is 37.5 Å². The molecule has 0 spiro atoms. The van der Waals surface area contributed by atoms with Gasteiger partial charge < -0.3 is 14.1 Å². The maximum Gasteiger partial charge on any atom is 0.419 e. The highest BCUT2D eigenvalue weighted by Crippen LogP contribution is 2.26. The lowest BCUT2D eigenvalue weighted by Crippen LogP contribution is -2.39. The molecule has 1 unspecified atom stereocenters. The van der Waals surface area contributed by atoms with Gasteiger partial charge in [-0.25, -0.2) is 14.8 Å². The topological polar surface area (TPSA) is 90.5 Å². The Morgan fingerprint density at radius 1 is 1.30 bits per heavy atom. The summed E-state index contributed by atoms with van der Waals surface area (Å²) in [6, 6.07) is 9.27.